The number of amides is 1. The molecule has 31 heavy (non-hydrogen) atoms. The zero-order valence-electron chi connectivity index (χ0n) is 15.3. The normalized spacial score (nSPS) is 11.5. The van der Waals surface area contributed by atoms with Gasteiger partial charge in [-0.2, -0.15) is 8.75 Å². The van der Waals surface area contributed by atoms with Gasteiger partial charge in [0.1, 0.15) is 15.9 Å². The zero-order valence-corrected chi connectivity index (χ0v) is 20.8. The first kappa shape index (κ1) is 22.2. The van der Waals surface area contributed by atoms with Gasteiger partial charge in [0, 0.05) is 19.7 Å². The number of halogens is 3. The van der Waals surface area contributed by atoms with Gasteiger partial charge in [0.05, 0.1) is 23.0 Å². The van der Waals surface area contributed by atoms with Crippen molar-refractivity contribution in [1.82, 2.24) is 8.75 Å². The smallest absolute Gasteiger partial charge is 0.264 e. The maximum Gasteiger partial charge on any atom is 0.264 e. The maximum atomic E-state index is 13.1. The van der Waals surface area contributed by atoms with Crippen LogP contribution in [0, 0.1) is 0 Å². The largest absolute Gasteiger partial charge is 0.322 e. The molecule has 0 radical (unpaired) electrons. The van der Waals surface area contributed by atoms with Crippen LogP contribution in [0.25, 0.3) is 11.0 Å². The number of fused-ring (bicyclic) bond motifs is 1. The number of carbonyl (C=O) groups is 1. The van der Waals surface area contributed by atoms with Gasteiger partial charge >= 0.3 is 0 Å². The van der Waals surface area contributed by atoms with Gasteiger partial charge in [-0.25, -0.2) is 8.42 Å². The molecule has 0 atom stereocenters. The number of anilines is 2. The summed E-state index contributed by atoms with van der Waals surface area (Å²) in [6.45, 7) is 0. The van der Waals surface area contributed by atoms with Crippen LogP contribution in [-0.4, -0.2) is 23.1 Å². The van der Waals surface area contributed by atoms with Gasteiger partial charge in [-0.05, 0) is 70.5 Å². The van der Waals surface area contributed by atoms with Crippen LogP contribution in [0.2, 0.25) is 5.02 Å². The molecule has 1 heterocycles. The zero-order chi connectivity index (χ0) is 22.2. The molecule has 12 heteroatoms. The van der Waals surface area contributed by atoms with Crippen molar-refractivity contribution in [3.05, 3.63) is 74.1 Å². The number of nitrogens with zero attached hydrogens (tertiary/aromatic N) is 2. The Labute approximate surface area is 203 Å². The number of sulfonamides is 1. The van der Waals surface area contributed by atoms with E-state index in [9.17, 15) is 13.2 Å². The van der Waals surface area contributed by atoms with Crippen molar-refractivity contribution < 1.29 is 13.2 Å². The lowest BCUT2D eigenvalue weighted by molar-refractivity contribution is 0.102. The lowest BCUT2D eigenvalue weighted by Gasteiger charge is -2.14. The third-order valence-corrected chi connectivity index (χ3v) is 7.50. The van der Waals surface area contributed by atoms with Crippen LogP contribution in [0.1, 0.15) is 10.4 Å². The monoisotopic (exact) mass is 600 g/mol. The van der Waals surface area contributed by atoms with Crippen molar-refractivity contribution in [2.24, 2.45) is 0 Å². The van der Waals surface area contributed by atoms with Crippen LogP contribution < -0.4 is 10.0 Å². The standard InChI is InChI=1S/C19H11Br2ClN4O3S2/c20-10-1-7-15(13(9-10)19(27)23-12-4-2-11(22)3-5-12)26-31(28,29)16-8-6-14(21)17-18(16)25-30-24-17/h1-9,26H,(H,23,27). The molecular formula is C19H11Br2ClN4O3S2. The van der Waals surface area contributed by atoms with Gasteiger partial charge in [0.15, 0.2) is 0 Å². The van der Waals surface area contributed by atoms with Crippen LogP contribution in [0.5, 0.6) is 0 Å². The summed E-state index contributed by atoms with van der Waals surface area (Å²) in [6.07, 6.45) is 0. The van der Waals surface area contributed by atoms with Crippen molar-refractivity contribution >= 4 is 93.5 Å². The van der Waals surface area contributed by atoms with Crippen LogP contribution in [0.3, 0.4) is 0 Å². The van der Waals surface area contributed by atoms with E-state index in [4.69, 9.17) is 11.6 Å². The molecule has 0 spiro atoms. The first-order chi connectivity index (χ1) is 14.7. The fourth-order valence-electron chi connectivity index (χ4n) is 2.76. The summed E-state index contributed by atoms with van der Waals surface area (Å²) in [5, 5.41) is 3.26. The predicted octanol–water partition coefficient (Wildman–Crippen LogP) is 5.92. The summed E-state index contributed by atoms with van der Waals surface area (Å²) in [4.78, 5) is 12.8. The SMILES string of the molecule is O=C(Nc1ccc(Cl)cc1)c1cc(Br)ccc1NS(=O)(=O)c1ccc(Br)c2nsnc12. The van der Waals surface area contributed by atoms with E-state index in [1.54, 1.807) is 36.4 Å². The van der Waals surface area contributed by atoms with Crippen molar-refractivity contribution in [1.29, 1.82) is 0 Å². The van der Waals surface area contributed by atoms with Crippen LogP contribution >= 0.6 is 55.2 Å². The number of nitrogens with one attached hydrogen (secondary N) is 2. The molecule has 0 aliphatic rings. The molecule has 0 fully saturated rings. The second kappa shape index (κ2) is 8.83. The molecule has 0 aliphatic heterocycles. The van der Waals surface area contributed by atoms with Gasteiger partial charge in [-0.15, -0.1) is 0 Å². The van der Waals surface area contributed by atoms with Crippen molar-refractivity contribution in [2.75, 3.05) is 10.0 Å². The van der Waals surface area contributed by atoms with Gasteiger partial charge in [0.25, 0.3) is 15.9 Å². The number of aromatic nitrogens is 2. The molecule has 0 unspecified atom stereocenters. The third kappa shape index (κ3) is 4.75. The van der Waals surface area contributed by atoms with E-state index < -0.39 is 15.9 Å². The molecule has 7 nitrogen and oxygen atoms in total. The van der Waals surface area contributed by atoms with E-state index >= 15 is 0 Å². The van der Waals surface area contributed by atoms with Gasteiger partial charge in [0.2, 0.25) is 0 Å². The Bertz CT molecular complexity index is 1410. The number of hydrogen-bond donors (Lipinski definition) is 2. The van der Waals surface area contributed by atoms with Crippen LogP contribution in [0.4, 0.5) is 11.4 Å². The highest BCUT2D eigenvalue weighted by Gasteiger charge is 2.23. The Morgan fingerprint density at radius 1 is 0.968 bits per heavy atom. The van der Waals surface area contributed by atoms with Crippen molar-refractivity contribution in [2.45, 2.75) is 4.90 Å². The third-order valence-electron chi connectivity index (χ3n) is 4.19. The summed E-state index contributed by atoms with van der Waals surface area (Å²) in [5.74, 6) is -0.488. The summed E-state index contributed by atoms with van der Waals surface area (Å²) >= 11 is 13.5. The molecule has 158 valence electrons. The van der Waals surface area contributed by atoms with Gasteiger partial charge in [-0.1, -0.05) is 27.5 Å². The van der Waals surface area contributed by atoms with Crippen LogP contribution in [0.15, 0.2) is 68.4 Å². The first-order valence-corrected chi connectivity index (χ1v) is 12.7. The fourth-order valence-corrected chi connectivity index (χ4v) is 5.62. The highest BCUT2D eigenvalue weighted by atomic mass is 79.9. The average molecular weight is 603 g/mol. The number of benzene rings is 3. The average Bonchev–Trinajstić information content (AvgIpc) is 3.21. The lowest BCUT2D eigenvalue weighted by atomic mass is 10.1. The van der Waals surface area contributed by atoms with E-state index in [2.05, 4.69) is 50.6 Å². The summed E-state index contributed by atoms with van der Waals surface area (Å²) in [7, 11) is -4.05. The Hall–Kier alpha value is -2.05. The molecule has 0 saturated heterocycles. The topological polar surface area (TPSA) is 101 Å². The Kier molecular flexibility index (Phi) is 6.31. The second-order valence-electron chi connectivity index (χ2n) is 6.26. The summed E-state index contributed by atoms with van der Waals surface area (Å²) in [6, 6.07) is 14.3. The molecule has 4 rings (SSSR count). The highest BCUT2D eigenvalue weighted by Crippen LogP contribution is 2.31. The van der Waals surface area contributed by atoms with E-state index in [0.717, 1.165) is 11.7 Å². The molecular weight excluding hydrogens is 592 g/mol. The molecule has 3 aromatic carbocycles. The summed E-state index contributed by atoms with van der Waals surface area (Å²) < 4.78 is 38.2. The quantitative estimate of drug-likeness (QED) is 0.295. The molecule has 1 aromatic heterocycles. The second-order valence-corrected chi connectivity index (χ2v) is 10.6. The highest BCUT2D eigenvalue weighted by molar-refractivity contribution is 9.11. The number of hydrogen-bond acceptors (Lipinski definition) is 6. The minimum Gasteiger partial charge on any atom is -0.322 e. The Morgan fingerprint density at radius 3 is 2.42 bits per heavy atom. The molecule has 2 N–H and O–H groups in total. The maximum absolute atomic E-state index is 13.1. The number of carbonyl (C=O) groups excluding carboxylic acids is 1. The molecule has 4 aromatic rings. The van der Waals surface area contributed by atoms with Crippen LogP contribution in [-0.2, 0) is 10.0 Å². The van der Waals surface area contributed by atoms with Crippen molar-refractivity contribution in [3.63, 3.8) is 0 Å². The van der Waals surface area contributed by atoms with Crippen molar-refractivity contribution in [3.8, 4) is 0 Å². The number of rotatable bonds is 5. The predicted molar refractivity (Wildman–Crippen MR) is 129 cm³/mol. The molecule has 0 aliphatic carbocycles. The lowest BCUT2D eigenvalue weighted by Crippen LogP contribution is -2.19. The van der Waals surface area contributed by atoms with E-state index in [1.807, 2.05) is 0 Å². The molecule has 1 amide bonds. The molecule has 0 saturated carbocycles. The van der Waals surface area contributed by atoms with Gasteiger partial charge in [-0.3, -0.25) is 9.52 Å². The Morgan fingerprint density at radius 2 is 1.68 bits per heavy atom. The fraction of sp³-hybridized carbons (Fsp3) is 0. The summed E-state index contributed by atoms with van der Waals surface area (Å²) in [5.41, 5.74) is 1.47. The minimum absolute atomic E-state index is 0.0357. The van der Waals surface area contributed by atoms with Gasteiger partial charge < -0.3 is 5.32 Å². The Balaban J connectivity index is 1.70. The van der Waals surface area contributed by atoms with E-state index in [0.29, 0.717) is 25.2 Å². The first-order valence-electron chi connectivity index (χ1n) is 8.55. The van der Waals surface area contributed by atoms with E-state index in [1.165, 1.54) is 18.2 Å². The minimum atomic E-state index is -4.05. The van der Waals surface area contributed by atoms with E-state index in [-0.39, 0.29) is 21.7 Å². The molecule has 0 bridgehead atoms.